The van der Waals surface area contributed by atoms with Crippen LogP contribution in [0.5, 0.6) is 5.88 Å². The number of rotatable bonds is 4. The fourth-order valence-electron chi connectivity index (χ4n) is 1.08. The minimum Gasteiger partial charge on any atom is -0.481 e. The SMILES string of the molecule is CNCC(O)c1nc(OC)ccc1F. The number of nitrogens with one attached hydrogen (secondary N) is 1. The lowest BCUT2D eigenvalue weighted by molar-refractivity contribution is 0.166. The van der Waals surface area contributed by atoms with Crippen molar-refractivity contribution in [3.63, 3.8) is 0 Å². The highest BCUT2D eigenvalue weighted by Gasteiger charge is 2.14. The summed E-state index contributed by atoms with van der Waals surface area (Å²) in [5.74, 6) is -0.245. The van der Waals surface area contributed by atoms with Gasteiger partial charge in [0, 0.05) is 12.6 Å². The van der Waals surface area contributed by atoms with Crippen LogP contribution in [0.4, 0.5) is 4.39 Å². The van der Waals surface area contributed by atoms with Crippen molar-refractivity contribution >= 4 is 0 Å². The van der Waals surface area contributed by atoms with Crippen LogP contribution in [-0.2, 0) is 0 Å². The molecule has 0 fully saturated rings. The molecule has 0 saturated heterocycles. The van der Waals surface area contributed by atoms with Gasteiger partial charge in [0.1, 0.15) is 17.6 Å². The molecule has 1 heterocycles. The van der Waals surface area contributed by atoms with E-state index in [0.29, 0.717) is 0 Å². The Morgan fingerprint density at radius 2 is 2.36 bits per heavy atom. The number of methoxy groups -OCH3 is 1. The van der Waals surface area contributed by atoms with Crippen LogP contribution < -0.4 is 10.1 Å². The molecule has 0 aliphatic rings. The number of hydrogen-bond acceptors (Lipinski definition) is 4. The molecule has 4 nitrogen and oxygen atoms in total. The van der Waals surface area contributed by atoms with Gasteiger partial charge in [-0.05, 0) is 13.1 Å². The molecule has 0 aliphatic carbocycles. The minimum atomic E-state index is -0.963. The van der Waals surface area contributed by atoms with Gasteiger partial charge in [-0.2, -0.15) is 0 Å². The van der Waals surface area contributed by atoms with E-state index in [9.17, 15) is 9.50 Å². The summed E-state index contributed by atoms with van der Waals surface area (Å²) in [6, 6.07) is 2.63. The average molecular weight is 200 g/mol. The van der Waals surface area contributed by atoms with E-state index in [-0.39, 0.29) is 18.1 Å². The molecular weight excluding hydrogens is 187 g/mol. The van der Waals surface area contributed by atoms with E-state index in [1.165, 1.54) is 19.2 Å². The molecule has 1 unspecified atom stereocenters. The van der Waals surface area contributed by atoms with Crippen LogP contribution in [0, 0.1) is 5.82 Å². The van der Waals surface area contributed by atoms with E-state index < -0.39 is 11.9 Å². The zero-order valence-corrected chi connectivity index (χ0v) is 8.12. The third kappa shape index (κ3) is 2.40. The molecular formula is C9H13FN2O2. The number of ether oxygens (including phenoxy) is 1. The molecule has 0 radical (unpaired) electrons. The molecule has 2 N–H and O–H groups in total. The second-order valence-corrected chi connectivity index (χ2v) is 2.79. The maximum atomic E-state index is 13.2. The van der Waals surface area contributed by atoms with Crippen molar-refractivity contribution < 1.29 is 14.2 Å². The Morgan fingerprint density at radius 3 is 2.93 bits per heavy atom. The molecule has 0 aliphatic heterocycles. The van der Waals surface area contributed by atoms with Crippen molar-refractivity contribution in [1.29, 1.82) is 0 Å². The van der Waals surface area contributed by atoms with E-state index in [1.807, 2.05) is 0 Å². The Bertz CT molecular complexity index is 307. The molecule has 1 aromatic rings. The molecule has 0 bridgehead atoms. The number of aliphatic hydroxyl groups is 1. The van der Waals surface area contributed by atoms with E-state index in [2.05, 4.69) is 10.3 Å². The summed E-state index contributed by atoms with van der Waals surface area (Å²) in [6.45, 7) is 0.247. The van der Waals surface area contributed by atoms with Gasteiger partial charge in [0.25, 0.3) is 0 Å². The number of pyridine rings is 1. The molecule has 1 rings (SSSR count). The highest BCUT2D eigenvalue weighted by molar-refractivity contribution is 5.19. The summed E-state index contributed by atoms with van der Waals surface area (Å²) in [4.78, 5) is 3.82. The highest BCUT2D eigenvalue weighted by Crippen LogP contribution is 2.17. The average Bonchev–Trinajstić information content (AvgIpc) is 2.19. The standard InChI is InChI=1S/C9H13FN2O2/c1-11-5-7(13)9-6(10)3-4-8(12-9)14-2/h3-4,7,11,13H,5H2,1-2H3. The number of likely N-dealkylation sites (N-methyl/N-ethyl adjacent to an activating group) is 1. The van der Waals surface area contributed by atoms with Crippen molar-refractivity contribution in [1.82, 2.24) is 10.3 Å². The molecule has 5 heteroatoms. The largest absolute Gasteiger partial charge is 0.481 e. The van der Waals surface area contributed by atoms with Crippen molar-refractivity contribution in [3.05, 3.63) is 23.6 Å². The summed E-state index contributed by atoms with van der Waals surface area (Å²) in [6.07, 6.45) is -0.963. The number of nitrogens with zero attached hydrogens (tertiary/aromatic N) is 1. The number of halogens is 1. The fourth-order valence-corrected chi connectivity index (χ4v) is 1.08. The van der Waals surface area contributed by atoms with Crippen LogP contribution in [0.25, 0.3) is 0 Å². The Hall–Kier alpha value is -1.20. The van der Waals surface area contributed by atoms with Crippen LogP contribution in [-0.4, -0.2) is 30.8 Å². The maximum Gasteiger partial charge on any atom is 0.213 e. The van der Waals surface area contributed by atoms with Gasteiger partial charge in [-0.25, -0.2) is 9.37 Å². The third-order valence-electron chi connectivity index (χ3n) is 1.77. The van der Waals surface area contributed by atoms with Crippen LogP contribution >= 0.6 is 0 Å². The Labute approximate surface area is 81.7 Å². The number of aliphatic hydroxyl groups excluding tert-OH is 1. The maximum absolute atomic E-state index is 13.2. The molecule has 0 aromatic carbocycles. The molecule has 0 saturated carbocycles. The lowest BCUT2D eigenvalue weighted by atomic mass is 10.2. The second-order valence-electron chi connectivity index (χ2n) is 2.79. The summed E-state index contributed by atoms with van der Waals surface area (Å²) in [5, 5.41) is 12.2. The van der Waals surface area contributed by atoms with Gasteiger partial charge in [0.05, 0.1) is 7.11 Å². The molecule has 78 valence electrons. The molecule has 0 amide bonds. The lowest BCUT2D eigenvalue weighted by Gasteiger charge is -2.11. The van der Waals surface area contributed by atoms with Gasteiger partial charge in [-0.3, -0.25) is 0 Å². The Morgan fingerprint density at radius 1 is 1.64 bits per heavy atom. The molecule has 1 aromatic heterocycles. The summed E-state index contributed by atoms with van der Waals surface area (Å²) in [5.41, 5.74) is -0.00120. The topological polar surface area (TPSA) is 54.4 Å². The van der Waals surface area contributed by atoms with Crippen LogP contribution in [0.15, 0.2) is 12.1 Å². The molecule has 14 heavy (non-hydrogen) atoms. The Kier molecular flexibility index (Phi) is 3.79. The van der Waals surface area contributed by atoms with Crippen LogP contribution in [0.3, 0.4) is 0 Å². The summed E-state index contributed by atoms with van der Waals surface area (Å²) >= 11 is 0. The zero-order valence-electron chi connectivity index (χ0n) is 8.12. The monoisotopic (exact) mass is 200 g/mol. The predicted molar refractivity (Wildman–Crippen MR) is 49.6 cm³/mol. The number of hydrogen-bond donors (Lipinski definition) is 2. The van der Waals surface area contributed by atoms with Crippen molar-refractivity contribution in [2.45, 2.75) is 6.10 Å². The summed E-state index contributed by atoms with van der Waals surface area (Å²) < 4.78 is 18.0. The van der Waals surface area contributed by atoms with Crippen molar-refractivity contribution in [2.75, 3.05) is 20.7 Å². The quantitative estimate of drug-likeness (QED) is 0.742. The smallest absolute Gasteiger partial charge is 0.213 e. The lowest BCUT2D eigenvalue weighted by Crippen LogP contribution is -2.18. The zero-order chi connectivity index (χ0) is 10.6. The van der Waals surface area contributed by atoms with Crippen molar-refractivity contribution in [2.24, 2.45) is 0 Å². The van der Waals surface area contributed by atoms with Crippen molar-refractivity contribution in [3.8, 4) is 5.88 Å². The number of aromatic nitrogens is 1. The molecule has 1 atom stereocenters. The van der Waals surface area contributed by atoms with Crippen LogP contribution in [0.1, 0.15) is 11.8 Å². The van der Waals surface area contributed by atoms with Gasteiger partial charge in [-0.1, -0.05) is 0 Å². The van der Waals surface area contributed by atoms with E-state index >= 15 is 0 Å². The normalized spacial score (nSPS) is 12.6. The highest BCUT2D eigenvalue weighted by atomic mass is 19.1. The minimum absolute atomic E-state index is 0.00120. The fraction of sp³-hybridized carbons (Fsp3) is 0.444. The second kappa shape index (κ2) is 4.88. The Balaban J connectivity index is 2.93. The first-order valence-corrected chi connectivity index (χ1v) is 4.22. The molecule has 0 spiro atoms. The van der Waals surface area contributed by atoms with Gasteiger partial charge >= 0.3 is 0 Å². The van der Waals surface area contributed by atoms with Gasteiger partial charge in [0.2, 0.25) is 5.88 Å². The van der Waals surface area contributed by atoms with E-state index in [4.69, 9.17) is 4.74 Å². The van der Waals surface area contributed by atoms with Crippen LogP contribution in [0.2, 0.25) is 0 Å². The summed E-state index contributed by atoms with van der Waals surface area (Å²) in [7, 11) is 3.11. The van der Waals surface area contributed by atoms with Gasteiger partial charge in [0.15, 0.2) is 0 Å². The van der Waals surface area contributed by atoms with Gasteiger partial charge < -0.3 is 15.2 Å². The van der Waals surface area contributed by atoms with E-state index in [0.717, 1.165) is 0 Å². The van der Waals surface area contributed by atoms with E-state index in [1.54, 1.807) is 7.05 Å². The third-order valence-corrected chi connectivity index (χ3v) is 1.77. The predicted octanol–water partition coefficient (Wildman–Crippen LogP) is 0.482. The first kappa shape index (κ1) is 10.9. The first-order valence-electron chi connectivity index (χ1n) is 4.22. The first-order chi connectivity index (χ1) is 6.69. The van der Waals surface area contributed by atoms with Gasteiger partial charge in [-0.15, -0.1) is 0 Å².